The Kier molecular flexibility index (Phi) is 6.34. The third-order valence-corrected chi connectivity index (χ3v) is 6.36. The van der Waals surface area contributed by atoms with Gasteiger partial charge in [0, 0.05) is 23.9 Å². The summed E-state index contributed by atoms with van der Waals surface area (Å²) in [6.45, 7) is 0.599. The Hall–Kier alpha value is -1.56. The maximum absolute atomic E-state index is 13.5. The summed E-state index contributed by atoms with van der Waals surface area (Å²) in [5.74, 6) is -0.347. The average Bonchev–Trinajstić information content (AvgIpc) is 2.62. The first-order valence-electron chi connectivity index (χ1n) is 9.12. The van der Waals surface area contributed by atoms with Crippen LogP contribution in [0.4, 0.5) is 10.1 Å². The molecule has 1 saturated carbocycles. The Morgan fingerprint density at radius 1 is 1.28 bits per heavy atom. The summed E-state index contributed by atoms with van der Waals surface area (Å²) in [5.41, 5.74) is 1.10. The zero-order chi connectivity index (χ0) is 17.6. The van der Waals surface area contributed by atoms with Gasteiger partial charge in [-0.05, 0) is 48.8 Å². The first-order valence-corrected chi connectivity index (χ1v) is 10.2. The number of carbonyl (C=O) groups is 2. The Morgan fingerprint density at radius 2 is 2.08 bits per heavy atom. The van der Waals surface area contributed by atoms with Gasteiger partial charge in [0.05, 0.1) is 5.92 Å². The Bertz CT molecular complexity index is 632. The molecule has 2 amide bonds. The van der Waals surface area contributed by atoms with E-state index in [2.05, 4.69) is 10.6 Å². The second kappa shape index (κ2) is 8.70. The second-order valence-electron chi connectivity index (χ2n) is 6.81. The number of rotatable bonds is 6. The average molecular weight is 364 g/mol. The van der Waals surface area contributed by atoms with Crippen LogP contribution < -0.4 is 10.6 Å². The predicted molar refractivity (Wildman–Crippen MR) is 99.3 cm³/mol. The minimum absolute atomic E-state index is 0.0686. The summed E-state index contributed by atoms with van der Waals surface area (Å²) in [6.07, 6.45) is 7.67. The minimum Gasteiger partial charge on any atom is -0.356 e. The molecule has 136 valence electrons. The quantitative estimate of drug-likeness (QED) is 0.755. The lowest BCUT2D eigenvalue weighted by molar-refractivity contribution is -0.126. The van der Waals surface area contributed by atoms with Gasteiger partial charge in [0.25, 0.3) is 0 Å². The molecule has 25 heavy (non-hydrogen) atoms. The maximum Gasteiger partial charge on any atom is 0.228 e. The lowest BCUT2D eigenvalue weighted by Gasteiger charge is -2.25. The van der Waals surface area contributed by atoms with Crippen molar-refractivity contribution in [3.8, 4) is 0 Å². The number of halogens is 1. The molecule has 1 fully saturated rings. The van der Waals surface area contributed by atoms with Gasteiger partial charge in [-0.1, -0.05) is 19.3 Å². The third kappa shape index (κ3) is 4.97. The number of carbonyl (C=O) groups excluding carboxylic acids is 2. The molecule has 2 aliphatic rings. The summed E-state index contributed by atoms with van der Waals surface area (Å²) in [6, 6.07) is 4.16. The van der Waals surface area contributed by atoms with E-state index in [4.69, 9.17) is 0 Å². The Balaban J connectivity index is 1.46. The SMILES string of the molecule is O=C1C[C@@H](C(=O)NCCCSC2CCCCC2)c2cc(F)ccc2N1. The van der Waals surface area contributed by atoms with E-state index in [1.165, 1.54) is 50.3 Å². The number of nitrogens with one attached hydrogen (secondary N) is 2. The smallest absolute Gasteiger partial charge is 0.228 e. The molecule has 2 N–H and O–H groups in total. The molecule has 1 aromatic carbocycles. The van der Waals surface area contributed by atoms with Crippen LogP contribution in [0.5, 0.6) is 0 Å². The van der Waals surface area contributed by atoms with Crippen molar-refractivity contribution in [1.82, 2.24) is 5.32 Å². The number of thioether (sulfide) groups is 1. The van der Waals surface area contributed by atoms with Crippen LogP contribution in [0.15, 0.2) is 18.2 Å². The lowest BCUT2D eigenvalue weighted by atomic mass is 9.89. The molecule has 0 spiro atoms. The van der Waals surface area contributed by atoms with Crippen LogP contribution in [-0.4, -0.2) is 29.4 Å². The van der Waals surface area contributed by atoms with Gasteiger partial charge < -0.3 is 10.6 Å². The third-order valence-electron chi connectivity index (χ3n) is 4.90. The number of hydrogen-bond acceptors (Lipinski definition) is 3. The Labute approximate surface area is 152 Å². The number of amides is 2. The molecule has 1 atom stereocenters. The first-order chi connectivity index (χ1) is 12.1. The van der Waals surface area contributed by atoms with Crippen LogP contribution in [0.2, 0.25) is 0 Å². The van der Waals surface area contributed by atoms with Gasteiger partial charge in [-0.2, -0.15) is 11.8 Å². The highest BCUT2D eigenvalue weighted by Gasteiger charge is 2.30. The van der Waals surface area contributed by atoms with E-state index in [1.807, 2.05) is 11.8 Å². The van der Waals surface area contributed by atoms with E-state index in [-0.39, 0.29) is 18.2 Å². The number of fused-ring (bicyclic) bond motifs is 1. The lowest BCUT2D eigenvalue weighted by Crippen LogP contribution is -2.35. The standard InChI is InChI=1S/C19H25FN2O2S/c20-13-7-8-17-15(11-13)16(12-18(23)22-17)19(24)21-9-4-10-25-14-5-2-1-3-6-14/h7-8,11,14,16H,1-6,9-10,12H2,(H,21,24)(H,22,23)/t16-/m1/s1. The second-order valence-corrected chi connectivity index (χ2v) is 8.22. The molecule has 1 aliphatic carbocycles. The van der Waals surface area contributed by atoms with Crippen LogP contribution in [0.1, 0.15) is 56.4 Å². The van der Waals surface area contributed by atoms with Gasteiger partial charge in [0.15, 0.2) is 0 Å². The molecule has 4 nitrogen and oxygen atoms in total. The van der Waals surface area contributed by atoms with Gasteiger partial charge >= 0.3 is 0 Å². The van der Waals surface area contributed by atoms with Gasteiger partial charge in [-0.3, -0.25) is 9.59 Å². The van der Waals surface area contributed by atoms with Gasteiger partial charge in [-0.25, -0.2) is 4.39 Å². The molecule has 6 heteroatoms. The summed E-state index contributed by atoms with van der Waals surface area (Å²) < 4.78 is 13.5. The molecular formula is C19H25FN2O2S. The van der Waals surface area contributed by atoms with Crippen molar-refractivity contribution >= 4 is 29.3 Å². The van der Waals surface area contributed by atoms with Crippen molar-refractivity contribution in [3.05, 3.63) is 29.6 Å². The predicted octanol–water partition coefficient (Wildman–Crippen LogP) is 3.82. The highest BCUT2D eigenvalue weighted by molar-refractivity contribution is 7.99. The van der Waals surface area contributed by atoms with E-state index in [9.17, 15) is 14.0 Å². The van der Waals surface area contributed by atoms with Gasteiger partial charge in [-0.15, -0.1) is 0 Å². The number of anilines is 1. The minimum atomic E-state index is -0.606. The summed E-state index contributed by atoms with van der Waals surface area (Å²) in [4.78, 5) is 24.3. The van der Waals surface area contributed by atoms with Crippen molar-refractivity contribution < 1.29 is 14.0 Å². The van der Waals surface area contributed by atoms with Crippen LogP contribution in [0.25, 0.3) is 0 Å². The zero-order valence-electron chi connectivity index (χ0n) is 14.4. The van der Waals surface area contributed by atoms with Crippen LogP contribution >= 0.6 is 11.8 Å². The zero-order valence-corrected chi connectivity index (χ0v) is 15.2. The van der Waals surface area contributed by atoms with Crippen LogP contribution in [0, 0.1) is 5.82 Å². The van der Waals surface area contributed by atoms with E-state index >= 15 is 0 Å². The van der Waals surface area contributed by atoms with Crippen molar-refractivity contribution in [2.24, 2.45) is 0 Å². The van der Waals surface area contributed by atoms with Crippen molar-refractivity contribution in [3.63, 3.8) is 0 Å². The van der Waals surface area contributed by atoms with Crippen LogP contribution in [-0.2, 0) is 9.59 Å². The molecule has 0 saturated heterocycles. The van der Waals surface area contributed by atoms with Crippen molar-refractivity contribution in [1.29, 1.82) is 0 Å². The van der Waals surface area contributed by atoms with Crippen molar-refractivity contribution in [2.75, 3.05) is 17.6 Å². The normalized spacial score (nSPS) is 20.7. The molecule has 0 aromatic heterocycles. The molecule has 1 aliphatic heterocycles. The fraction of sp³-hybridized carbons (Fsp3) is 0.579. The highest BCUT2D eigenvalue weighted by Crippen LogP contribution is 2.33. The summed E-state index contributed by atoms with van der Waals surface area (Å²) >= 11 is 2.01. The fourth-order valence-corrected chi connectivity index (χ4v) is 4.87. The molecular weight excluding hydrogens is 339 g/mol. The van der Waals surface area contributed by atoms with E-state index in [0.717, 1.165) is 17.4 Å². The number of benzene rings is 1. The molecule has 3 rings (SSSR count). The molecule has 0 bridgehead atoms. The van der Waals surface area contributed by atoms with Gasteiger partial charge in [0.2, 0.25) is 11.8 Å². The highest BCUT2D eigenvalue weighted by atomic mass is 32.2. The molecule has 1 heterocycles. The van der Waals surface area contributed by atoms with E-state index < -0.39 is 11.7 Å². The monoisotopic (exact) mass is 364 g/mol. The van der Waals surface area contributed by atoms with Crippen LogP contribution in [0.3, 0.4) is 0 Å². The van der Waals surface area contributed by atoms with Gasteiger partial charge in [0.1, 0.15) is 5.82 Å². The summed E-state index contributed by atoms with van der Waals surface area (Å²) in [7, 11) is 0. The largest absolute Gasteiger partial charge is 0.356 e. The molecule has 0 unspecified atom stereocenters. The van der Waals surface area contributed by atoms with Crippen molar-refractivity contribution in [2.45, 2.75) is 56.1 Å². The van der Waals surface area contributed by atoms with E-state index in [1.54, 1.807) is 0 Å². The Morgan fingerprint density at radius 3 is 2.88 bits per heavy atom. The fourth-order valence-electron chi connectivity index (χ4n) is 3.55. The summed E-state index contributed by atoms with van der Waals surface area (Å²) in [5, 5.41) is 6.39. The molecule has 0 radical (unpaired) electrons. The maximum atomic E-state index is 13.5. The number of hydrogen-bond donors (Lipinski definition) is 2. The van der Waals surface area contributed by atoms with E-state index in [0.29, 0.717) is 17.8 Å². The topological polar surface area (TPSA) is 58.2 Å². The molecule has 1 aromatic rings. The first kappa shape index (κ1) is 18.2.